The Labute approximate surface area is 202 Å². The molecular formula is C27H29F3N2O3. The maximum absolute atomic E-state index is 13.5. The lowest BCUT2D eigenvalue weighted by Crippen LogP contribution is -2.57. The summed E-state index contributed by atoms with van der Waals surface area (Å²) in [6, 6.07) is 9.50. The first-order valence-corrected chi connectivity index (χ1v) is 12.2. The van der Waals surface area contributed by atoms with E-state index in [1.165, 1.54) is 24.6 Å². The van der Waals surface area contributed by atoms with Gasteiger partial charge < -0.3 is 19.4 Å². The molecule has 3 aliphatic rings. The first-order valence-electron chi connectivity index (χ1n) is 12.2. The number of nitrogens with zero attached hydrogens (tertiary/aromatic N) is 1. The highest BCUT2D eigenvalue weighted by Crippen LogP contribution is 2.30. The highest BCUT2D eigenvalue weighted by atomic mass is 19.1. The number of rotatable bonds is 5. The Hall–Kier alpha value is -2.84. The molecule has 1 atom stereocenters. The zero-order chi connectivity index (χ0) is 24.4. The molecule has 1 amide bonds. The Morgan fingerprint density at radius 2 is 1.77 bits per heavy atom. The number of carbonyl (C=O) groups is 1. The summed E-state index contributed by atoms with van der Waals surface area (Å²) in [6.45, 7) is 3.17. The third-order valence-electron chi connectivity index (χ3n) is 6.96. The largest absolute Gasteiger partial charge is 0.376 e. The van der Waals surface area contributed by atoms with Crippen LogP contribution in [0.25, 0.3) is 22.2 Å². The molecule has 0 bridgehead atoms. The molecule has 186 valence electrons. The molecule has 3 fully saturated rings. The predicted molar refractivity (Wildman–Crippen MR) is 126 cm³/mol. The molecule has 1 aromatic heterocycles. The summed E-state index contributed by atoms with van der Waals surface area (Å²) < 4.78 is 50.6. The number of carbonyl (C=O) groups excluding carboxylic acids is 1. The number of H-pyrrole nitrogens is 1. The van der Waals surface area contributed by atoms with Crippen LogP contribution in [0.1, 0.15) is 32.1 Å². The van der Waals surface area contributed by atoms with E-state index in [9.17, 15) is 18.0 Å². The highest BCUT2D eigenvalue weighted by molar-refractivity contribution is 5.86. The number of halogens is 3. The SMILES string of the molecule is Fc1ccc(-c2cc3cc(F)cc(F)c3[nH]2)cc1.O=C(C1CCC1)N1CC(OCC2CCCO2)C1. The van der Waals surface area contributed by atoms with E-state index in [-0.39, 0.29) is 17.4 Å². The number of aromatic amines is 1. The van der Waals surface area contributed by atoms with Crippen LogP contribution in [0.5, 0.6) is 0 Å². The number of benzene rings is 2. The van der Waals surface area contributed by atoms with Crippen LogP contribution in [0, 0.1) is 23.4 Å². The van der Waals surface area contributed by atoms with Crippen molar-refractivity contribution in [2.45, 2.75) is 44.3 Å². The minimum absolute atomic E-state index is 0.246. The summed E-state index contributed by atoms with van der Waals surface area (Å²) in [6.07, 6.45) is 6.24. The molecule has 6 rings (SSSR count). The van der Waals surface area contributed by atoms with Crippen molar-refractivity contribution >= 4 is 16.8 Å². The molecule has 1 saturated carbocycles. The zero-order valence-electron chi connectivity index (χ0n) is 19.4. The summed E-state index contributed by atoms with van der Waals surface area (Å²) in [7, 11) is 0. The summed E-state index contributed by atoms with van der Waals surface area (Å²) in [5.41, 5.74) is 1.58. The maximum Gasteiger partial charge on any atom is 0.225 e. The van der Waals surface area contributed by atoms with E-state index >= 15 is 0 Å². The van der Waals surface area contributed by atoms with Crippen LogP contribution >= 0.6 is 0 Å². The fourth-order valence-electron chi connectivity index (χ4n) is 4.61. The molecule has 35 heavy (non-hydrogen) atoms. The van der Waals surface area contributed by atoms with Crippen LogP contribution in [0.15, 0.2) is 42.5 Å². The fourth-order valence-corrected chi connectivity index (χ4v) is 4.61. The first kappa shape index (κ1) is 23.9. The van der Waals surface area contributed by atoms with Crippen molar-refractivity contribution < 1.29 is 27.4 Å². The normalized spacial score (nSPS) is 20.3. The van der Waals surface area contributed by atoms with Gasteiger partial charge in [-0.2, -0.15) is 0 Å². The smallest absolute Gasteiger partial charge is 0.225 e. The number of ether oxygens (including phenoxy) is 2. The van der Waals surface area contributed by atoms with E-state index in [1.54, 1.807) is 18.2 Å². The highest BCUT2D eigenvalue weighted by Gasteiger charge is 2.37. The molecular weight excluding hydrogens is 457 g/mol. The van der Waals surface area contributed by atoms with Gasteiger partial charge in [0.15, 0.2) is 0 Å². The van der Waals surface area contributed by atoms with Gasteiger partial charge in [0.1, 0.15) is 17.5 Å². The number of hydrogen-bond donors (Lipinski definition) is 1. The fraction of sp³-hybridized carbons (Fsp3) is 0.444. The van der Waals surface area contributed by atoms with Crippen molar-refractivity contribution in [2.75, 3.05) is 26.3 Å². The zero-order valence-corrected chi connectivity index (χ0v) is 19.4. The number of hydrogen-bond acceptors (Lipinski definition) is 3. The molecule has 1 aliphatic carbocycles. The molecule has 2 aliphatic heterocycles. The number of aromatic nitrogens is 1. The Balaban J connectivity index is 0.000000145. The van der Waals surface area contributed by atoms with Crippen LogP contribution in [0.3, 0.4) is 0 Å². The Morgan fingerprint density at radius 3 is 2.43 bits per heavy atom. The van der Waals surface area contributed by atoms with Gasteiger partial charge in [-0.15, -0.1) is 0 Å². The lowest BCUT2D eigenvalue weighted by molar-refractivity contribution is -0.154. The van der Waals surface area contributed by atoms with Crippen LogP contribution in [0.4, 0.5) is 13.2 Å². The van der Waals surface area contributed by atoms with Crippen LogP contribution in [-0.2, 0) is 14.3 Å². The lowest BCUT2D eigenvalue weighted by atomic mass is 9.83. The van der Waals surface area contributed by atoms with E-state index in [0.29, 0.717) is 41.2 Å². The van der Waals surface area contributed by atoms with E-state index in [1.807, 2.05) is 4.90 Å². The minimum Gasteiger partial charge on any atom is -0.376 e. The lowest BCUT2D eigenvalue weighted by Gasteiger charge is -2.42. The van der Waals surface area contributed by atoms with E-state index in [0.717, 1.165) is 51.4 Å². The van der Waals surface area contributed by atoms with Crippen molar-refractivity contribution in [3.8, 4) is 11.3 Å². The van der Waals surface area contributed by atoms with Gasteiger partial charge in [-0.3, -0.25) is 4.79 Å². The second-order valence-electron chi connectivity index (χ2n) is 9.50. The van der Waals surface area contributed by atoms with Gasteiger partial charge in [0.05, 0.1) is 24.3 Å². The molecule has 5 nitrogen and oxygen atoms in total. The van der Waals surface area contributed by atoms with Gasteiger partial charge in [-0.05, 0) is 67.6 Å². The second kappa shape index (κ2) is 10.4. The van der Waals surface area contributed by atoms with Crippen LogP contribution in [0.2, 0.25) is 0 Å². The summed E-state index contributed by atoms with van der Waals surface area (Å²) in [4.78, 5) is 16.7. The standard InChI is InChI=1S/C14H8F3N.C13H21NO3/c15-10-3-1-8(2-4-10)13-6-9-5-11(16)7-12(17)14(9)18-13;15-13(10-3-1-4-10)14-7-12(8-14)17-9-11-5-2-6-16-11/h1-7,18H;10-12H,1-9H2. The molecule has 2 aromatic carbocycles. The first-order chi connectivity index (χ1) is 17.0. The van der Waals surface area contributed by atoms with Crippen molar-refractivity contribution in [3.63, 3.8) is 0 Å². The molecule has 0 spiro atoms. The third kappa shape index (κ3) is 5.54. The Kier molecular flexibility index (Phi) is 7.11. The minimum atomic E-state index is -0.640. The van der Waals surface area contributed by atoms with Gasteiger partial charge in [0.2, 0.25) is 5.91 Å². The van der Waals surface area contributed by atoms with Crippen LogP contribution in [-0.4, -0.2) is 54.3 Å². The van der Waals surface area contributed by atoms with Crippen molar-refractivity contribution in [1.82, 2.24) is 9.88 Å². The van der Waals surface area contributed by atoms with Gasteiger partial charge >= 0.3 is 0 Å². The van der Waals surface area contributed by atoms with Crippen molar-refractivity contribution in [3.05, 3.63) is 59.9 Å². The summed E-state index contributed by atoms with van der Waals surface area (Å²) in [5.74, 6) is -0.919. The van der Waals surface area contributed by atoms with E-state index in [4.69, 9.17) is 9.47 Å². The average molecular weight is 487 g/mol. The molecule has 1 unspecified atom stereocenters. The molecule has 3 heterocycles. The van der Waals surface area contributed by atoms with Gasteiger partial charge in [0, 0.05) is 42.8 Å². The molecule has 2 saturated heterocycles. The Morgan fingerprint density at radius 1 is 1.00 bits per heavy atom. The maximum atomic E-state index is 13.5. The number of fused-ring (bicyclic) bond motifs is 1. The summed E-state index contributed by atoms with van der Waals surface area (Å²) in [5, 5.41) is 0.451. The van der Waals surface area contributed by atoms with Gasteiger partial charge in [0.25, 0.3) is 0 Å². The van der Waals surface area contributed by atoms with E-state index < -0.39 is 11.6 Å². The Bertz CT molecular complexity index is 1160. The van der Waals surface area contributed by atoms with Crippen LogP contribution < -0.4 is 0 Å². The predicted octanol–water partition coefficient (Wildman–Crippen LogP) is 5.45. The van der Waals surface area contributed by atoms with Crippen molar-refractivity contribution in [2.24, 2.45) is 5.92 Å². The molecule has 1 N–H and O–H groups in total. The summed E-state index contributed by atoms with van der Waals surface area (Å²) >= 11 is 0. The molecule has 3 aromatic rings. The molecule has 0 radical (unpaired) electrons. The molecule has 8 heteroatoms. The van der Waals surface area contributed by atoms with E-state index in [2.05, 4.69) is 4.98 Å². The monoisotopic (exact) mass is 486 g/mol. The second-order valence-corrected chi connectivity index (χ2v) is 9.50. The van der Waals surface area contributed by atoms with Gasteiger partial charge in [-0.1, -0.05) is 6.42 Å². The number of likely N-dealkylation sites (tertiary alicyclic amines) is 1. The number of nitrogens with one attached hydrogen (secondary N) is 1. The van der Waals surface area contributed by atoms with Gasteiger partial charge in [-0.25, -0.2) is 13.2 Å². The average Bonchev–Trinajstić information content (AvgIpc) is 3.42. The quantitative estimate of drug-likeness (QED) is 0.522. The topological polar surface area (TPSA) is 54.6 Å². The number of amides is 1. The van der Waals surface area contributed by atoms with Crippen molar-refractivity contribution in [1.29, 1.82) is 0 Å². The third-order valence-corrected chi connectivity index (χ3v) is 6.96.